The summed E-state index contributed by atoms with van der Waals surface area (Å²) in [5.74, 6) is 2.50. The molecule has 1 aliphatic rings. The summed E-state index contributed by atoms with van der Waals surface area (Å²) in [5.41, 5.74) is 1.12. The first-order valence-electron chi connectivity index (χ1n) is 9.44. The maximum absolute atomic E-state index is 5.70. The number of aliphatic imine (C=N–C) groups is 1. The number of ether oxygens (including phenoxy) is 1. The first-order valence-corrected chi connectivity index (χ1v) is 10.3. The Labute approximate surface area is 187 Å². The van der Waals surface area contributed by atoms with Gasteiger partial charge in [0.1, 0.15) is 12.4 Å². The second-order valence-corrected chi connectivity index (χ2v) is 8.12. The third kappa shape index (κ3) is 6.38. The number of halogens is 1. The van der Waals surface area contributed by atoms with Gasteiger partial charge in [-0.05, 0) is 33.6 Å². The van der Waals surface area contributed by atoms with Crippen LogP contribution in [0.25, 0.3) is 0 Å². The molecule has 0 saturated carbocycles. The van der Waals surface area contributed by atoms with Gasteiger partial charge in [0.25, 0.3) is 0 Å². The lowest BCUT2D eigenvalue weighted by atomic mass is 10.2. The normalized spacial score (nSPS) is 16.9. The molecule has 1 saturated heterocycles. The van der Waals surface area contributed by atoms with Crippen LogP contribution in [0.1, 0.15) is 40.1 Å². The number of thiazole rings is 1. The molecule has 2 N–H and O–H groups in total. The fourth-order valence-corrected chi connectivity index (χ4v) is 3.80. The molecule has 0 aromatic carbocycles. The van der Waals surface area contributed by atoms with Crippen LogP contribution in [0.5, 0.6) is 0 Å². The predicted molar refractivity (Wildman–Crippen MR) is 123 cm³/mol. The number of hydrogen-bond acceptors (Lipinski definition) is 6. The van der Waals surface area contributed by atoms with Gasteiger partial charge in [-0.1, -0.05) is 0 Å². The third-order valence-corrected chi connectivity index (χ3v) is 5.92. The van der Waals surface area contributed by atoms with Crippen LogP contribution in [-0.2, 0) is 24.8 Å². The largest absolute Gasteiger partial charge is 0.376 e. The molecule has 8 nitrogen and oxygen atoms in total. The average Bonchev–Trinajstić information content (AvgIpc) is 3.35. The molecule has 156 valence electrons. The first-order chi connectivity index (χ1) is 13.0. The van der Waals surface area contributed by atoms with Crippen LogP contribution in [0.4, 0.5) is 0 Å². The molecule has 10 heteroatoms. The van der Waals surface area contributed by atoms with E-state index in [9.17, 15) is 0 Å². The fraction of sp³-hybridized carbons (Fsp3) is 0.667. The van der Waals surface area contributed by atoms with Crippen molar-refractivity contribution in [3.05, 3.63) is 27.2 Å². The SMILES string of the molecule is Cc1nc(CCNC(=NCc2nnc(C)n2C)NCC2CCCO2)sc1C.I. The van der Waals surface area contributed by atoms with E-state index in [1.807, 2.05) is 18.5 Å². The van der Waals surface area contributed by atoms with Gasteiger partial charge in [0.15, 0.2) is 11.8 Å². The molecular weight excluding hydrogens is 489 g/mol. The van der Waals surface area contributed by atoms with Gasteiger partial charge >= 0.3 is 0 Å². The van der Waals surface area contributed by atoms with Crippen molar-refractivity contribution in [3.63, 3.8) is 0 Å². The minimum Gasteiger partial charge on any atom is -0.376 e. The van der Waals surface area contributed by atoms with Gasteiger partial charge in [0.05, 0.1) is 16.8 Å². The van der Waals surface area contributed by atoms with Gasteiger partial charge in [0.2, 0.25) is 0 Å². The Bertz CT molecular complexity index is 763. The van der Waals surface area contributed by atoms with Gasteiger partial charge < -0.3 is 19.9 Å². The van der Waals surface area contributed by atoms with Crippen molar-refractivity contribution >= 4 is 41.3 Å². The number of aryl methyl sites for hydroxylation is 3. The van der Waals surface area contributed by atoms with Crippen LogP contribution < -0.4 is 10.6 Å². The van der Waals surface area contributed by atoms with Gasteiger partial charge in [-0.15, -0.1) is 45.5 Å². The maximum Gasteiger partial charge on any atom is 0.191 e. The predicted octanol–water partition coefficient (Wildman–Crippen LogP) is 2.27. The standard InChI is InChI=1S/C18H29N7OS.HI/c1-12-13(2)27-17(22-12)7-8-19-18(20-10-15-6-5-9-26-15)21-11-16-24-23-14(3)25(16)4;/h15H,5-11H2,1-4H3,(H2,19,20,21);1H. The summed E-state index contributed by atoms with van der Waals surface area (Å²) in [4.78, 5) is 10.6. The first kappa shape index (κ1) is 23.0. The minimum absolute atomic E-state index is 0. The molecular formula is C18H30IN7OS. The lowest BCUT2D eigenvalue weighted by molar-refractivity contribution is 0.114. The summed E-state index contributed by atoms with van der Waals surface area (Å²) >= 11 is 1.76. The monoisotopic (exact) mass is 519 g/mol. The van der Waals surface area contributed by atoms with E-state index < -0.39 is 0 Å². The number of hydrogen-bond donors (Lipinski definition) is 2. The highest BCUT2D eigenvalue weighted by atomic mass is 127. The molecule has 0 spiro atoms. The molecule has 2 aromatic heterocycles. The summed E-state index contributed by atoms with van der Waals surface area (Å²) in [5, 5.41) is 16.2. The van der Waals surface area contributed by atoms with Crippen molar-refractivity contribution in [3.8, 4) is 0 Å². The molecule has 0 aliphatic carbocycles. The number of rotatable bonds is 7. The lowest BCUT2D eigenvalue weighted by Crippen LogP contribution is -2.42. The van der Waals surface area contributed by atoms with Crippen LogP contribution in [0.15, 0.2) is 4.99 Å². The number of guanidine groups is 1. The van der Waals surface area contributed by atoms with Gasteiger partial charge in [0, 0.05) is 38.0 Å². The second kappa shape index (κ2) is 11.1. The van der Waals surface area contributed by atoms with Crippen molar-refractivity contribution in [1.29, 1.82) is 0 Å². The average molecular weight is 519 g/mol. The molecule has 1 unspecified atom stereocenters. The van der Waals surface area contributed by atoms with E-state index in [0.29, 0.717) is 6.54 Å². The molecule has 28 heavy (non-hydrogen) atoms. The van der Waals surface area contributed by atoms with Crippen LogP contribution in [0.2, 0.25) is 0 Å². The highest BCUT2D eigenvalue weighted by molar-refractivity contribution is 14.0. The highest BCUT2D eigenvalue weighted by Gasteiger charge is 2.16. The molecule has 3 rings (SSSR count). The third-order valence-electron chi connectivity index (χ3n) is 4.79. The van der Waals surface area contributed by atoms with E-state index in [4.69, 9.17) is 4.74 Å². The summed E-state index contributed by atoms with van der Waals surface area (Å²) < 4.78 is 7.66. The molecule has 2 aromatic rings. The van der Waals surface area contributed by atoms with Gasteiger partial charge in [-0.3, -0.25) is 0 Å². The van der Waals surface area contributed by atoms with Crippen molar-refractivity contribution in [2.24, 2.45) is 12.0 Å². The Kier molecular flexibility index (Phi) is 9.09. The second-order valence-electron chi connectivity index (χ2n) is 6.83. The Hall–Kier alpha value is -1.27. The lowest BCUT2D eigenvalue weighted by Gasteiger charge is -2.15. The quantitative estimate of drug-likeness (QED) is 0.332. The Balaban J connectivity index is 0.00000280. The smallest absolute Gasteiger partial charge is 0.191 e. The van der Waals surface area contributed by atoms with Crippen LogP contribution in [0.3, 0.4) is 0 Å². The van der Waals surface area contributed by atoms with Crippen molar-refractivity contribution in [1.82, 2.24) is 30.4 Å². The summed E-state index contributed by atoms with van der Waals surface area (Å²) in [6, 6.07) is 0. The Morgan fingerprint density at radius 2 is 2.11 bits per heavy atom. The maximum atomic E-state index is 5.70. The van der Waals surface area contributed by atoms with E-state index in [0.717, 1.165) is 67.3 Å². The molecule has 1 atom stereocenters. The van der Waals surface area contributed by atoms with E-state index in [2.05, 4.69) is 44.7 Å². The van der Waals surface area contributed by atoms with Crippen molar-refractivity contribution in [2.75, 3.05) is 19.7 Å². The zero-order valence-electron chi connectivity index (χ0n) is 17.0. The van der Waals surface area contributed by atoms with Crippen molar-refractivity contribution < 1.29 is 4.74 Å². The van der Waals surface area contributed by atoms with E-state index >= 15 is 0 Å². The van der Waals surface area contributed by atoms with Crippen LogP contribution in [0, 0.1) is 20.8 Å². The zero-order chi connectivity index (χ0) is 19.2. The summed E-state index contributed by atoms with van der Waals surface area (Å²) in [6.45, 7) is 8.99. The number of nitrogens with one attached hydrogen (secondary N) is 2. The summed E-state index contributed by atoms with van der Waals surface area (Å²) in [7, 11) is 1.96. The Morgan fingerprint density at radius 3 is 2.71 bits per heavy atom. The zero-order valence-corrected chi connectivity index (χ0v) is 20.1. The topological polar surface area (TPSA) is 89.3 Å². The van der Waals surface area contributed by atoms with Gasteiger partial charge in [-0.2, -0.15) is 0 Å². The molecule has 0 amide bonds. The van der Waals surface area contributed by atoms with Gasteiger partial charge in [-0.25, -0.2) is 9.98 Å². The van der Waals surface area contributed by atoms with Crippen LogP contribution >= 0.6 is 35.3 Å². The van der Waals surface area contributed by atoms with Crippen molar-refractivity contribution in [2.45, 2.75) is 52.7 Å². The van der Waals surface area contributed by atoms with Crippen LogP contribution in [-0.4, -0.2) is 51.5 Å². The summed E-state index contributed by atoms with van der Waals surface area (Å²) in [6.07, 6.45) is 3.37. The molecule has 0 radical (unpaired) electrons. The fourth-order valence-electron chi connectivity index (χ4n) is 2.86. The molecule has 1 aliphatic heterocycles. The van der Waals surface area contributed by atoms with E-state index in [-0.39, 0.29) is 30.1 Å². The number of aromatic nitrogens is 4. The van der Waals surface area contributed by atoms with E-state index in [1.165, 1.54) is 4.88 Å². The molecule has 0 bridgehead atoms. The molecule has 3 heterocycles. The highest BCUT2D eigenvalue weighted by Crippen LogP contribution is 2.16. The minimum atomic E-state index is 0. The Morgan fingerprint density at radius 1 is 1.29 bits per heavy atom. The van der Waals surface area contributed by atoms with E-state index in [1.54, 1.807) is 11.3 Å². The number of nitrogens with zero attached hydrogens (tertiary/aromatic N) is 5. The molecule has 1 fully saturated rings.